The van der Waals surface area contributed by atoms with Gasteiger partial charge in [-0.25, -0.2) is 0 Å². The Kier molecular flexibility index (Phi) is 50.4. The van der Waals surface area contributed by atoms with Crippen LogP contribution >= 0.6 is 0 Å². The third kappa shape index (κ3) is 28.0. The SMILES string of the molecule is N#CC#N.[Co].[Sn]. The molecule has 0 atom stereocenters. The average molecular weight is 230 g/mol. The molecule has 0 fully saturated rings. The molecular formula is C2CoN2Sn. The van der Waals surface area contributed by atoms with Crippen LogP contribution in [0.5, 0.6) is 0 Å². The number of rotatable bonds is 0. The molecule has 0 aromatic heterocycles. The van der Waals surface area contributed by atoms with E-state index < -0.39 is 0 Å². The number of nitrogens with zero attached hydrogens (tertiary/aromatic N) is 2. The molecule has 5 radical (unpaired) electrons. The summed E-state index contributed by atoms with van der Waals surface area (Å²) in [6.45, 7) is 0. The molecule has 0 aromatic carbocycles. The smallest absolute Gasteiger partial charge is 0.181 e. The molecule has 0 bridgehead atoms. The molecule has 0 aliphatic carbocycles. The molecule has 0 amide bonds. The maximum Gasteiger partial charge on any atom is 0.181 e. The van der Waals surface area contributed by atoms with Crippen LogP contribution in [0.4, 0.5) is 0 Å². The van der Waals surface area contributed by atoms with Crippen LogP contribution in [0.25, 0.3) is 0 Å². The second-order valence-corrected chi connectivity index (χ2v) is 0.224. The Balaban J connectivity index is -0.0000000450. The van der Waals surface area contributed by atoms with E-state index in [0.717, 1.165) is 0 Å². The first-order valence-corrected chi connectivity index (χ1v) is 0.697. The van der Waals surface area contributed by atoms with Crippen LogP contribution in [0.15, 0.2) is 0 Å². The van der Waals surface area contributed by atoms with E-state index in [4.69, 9.17) is 10.5 Å². The molecule has 0 saturated carbocycles. The zero-order valence-electron chi connectivity index (χ0n) is 2.73. The molecule has 4 heteroatoms. The van der Waals surface area contributed by atoms with Gasteiger partial charge in [0.15, 0.2) is 12.1 Å². The molecule has 31 valence electrons. The Morgan fingerprint density at radius 2 is 1.17 bits per heavy atom. The molecule has 0 N–H and O–H groups in total. The van der Waals surface area contributed by atoms with Crippen molar-refractivity contribution in [2.45, 2.75) is 0 Å². The molecule has 0 aliphatic heterocycles. The third-order valence-corrected chi connectivity index (χ3v) is 0.0500. The first-order valence-electron chi connectivity index (χ1n) is 0.697. The number of hydrogen-bond acceptors (Lipinski definition) is 2. The van der Waals surface area contributed by atoms with Gasteiger partial charge in [0.25, 0.3) is 0 Å². The van der Waals surface area contributed by atoms with Gasteiger partial charge in [0.05, 0.1) is 0 Å². The van der Waals surface area contributed by atoms with Crippen molar-refractivity contribution in [2.75, 3.05) is 0 Å². The summed E-state index contributed by atoms with van der Waals surface area (Å²) in [6, 6.07) is 2.47. The maximum absolute atomic E-state index is 7.26. The normalized spacial score (nSPS) is 1.67. The molecular weight excluding hydrogens is 230 g/mol. The standard InChI is InChI=1S/C2N2.Co.Sn/c3-1-2-4;;. The minimum absolute atomic E-state index is 0. The fourth-order valence-corrected chi connectivity index (χ4v) is 0. The van der Waals surface area contributed by atoms with Crippen LogP contribution in [0.2, 0.25) is 0 Å². The van der Waals surface area contributed by atoms with E-state index in [2.05, 4.69) is 0 Å². The maximum atomic E-state index is 7.26. The van der Waals surface area contributed by atoms with Crippen molar-refractivity contribution >= 4 is 23.9 Å². The summed E-state index contributed by atoms with van der Waals surface area (Å²) in [5, 5.41) is 14.5. The van der Waals surface area contributed by atoms with Gasteiger partial charge in [0, 0.05) is 40.7 Å². The van der Waals surface area contributed by atoms with Gasteiger partial charge in [-0.05, 0) is 0 Å². The Morgan fingerprint density at radius 1 is 1.00 bits per heavy atom. The molecule has 0 aliphatic rings. The van der Waals surface area contributed by atoms with Crippen molar-refractivity contribution in [2.24, 2.45) is 0 Å². The molecule has 0 heterocycles. The van der Waals surface area contributed by atoms with Crippen molar-refractivity contribution < 1.29 is 16.8 Å². The van der Waals surface area contributed by atoms with E-state index in [9.17, 15) is 0 Å². The Hall–Kier alpha value is 0.285. The quantitative estimate of drug-likeness (QED) is 0.533. The van der Waals surface area contributed by atoms with Crippen LogP contribution in [-0.4, -0.2) is 23.9 Å². The fraction of sp³-hybridized carbons (Fsp3) is 0. The number of hydrogen-bond donors (Lipinski definition) is 0. The molecule has 0 saturated heterocycles. The van der Waals surface area contributed by atoms with Gasteiger partial charge in [-0.2, -0.15) is 10.5 Å². The van der Waals surface area contributed by atoms with E-state index >= 15 is 0 Å². The van der Waals surface area contributed by atoms with Gasteiger partial charge >= 0.3 is 0 Å². The first kappa shape index (κ1) is 16.3. The van der Waals surface area contributed by atoms with Crippen molar-refractivity contribution in [3.8, 4) is 12.1 Å². The minimum atomic E-state index is 0. The molecule has 2 nitrogen and oxygen atoms in total. The van der Waals surface area contributed by atoms with Gasteiger partial charge in [0.1, 0.15) is 0 Å². The summed E-state index contributed by atoms with van der Waals surface area (Å²) in [5.74, 6) is 0. The second kappa shape index (κ2) is 18.6. The predicted octanol–water partition coefficient (Wildman–Crippen LogP) is -0.350. The summed E-state index contributed by atoms with van der Waals surface area (Å²) in [7, 11) is 0. The van der Waals surface area contributed by atoms with E-state index in [-0.39, 0.29) is 40.7 Å². The summed E-state index contributed by atoms with van der Waals surface area (Å²) >= 11 is 0. The van der Waals surface area contributed by atoms with Crippen LogP contribution in [0.3, 0.4) is 0 Å². The summed E-state index contributed by atoms with van der Waals surface area (Å²) in [6.07, 6.45) is 0. The first-order chi connectivity index (χ1) is 1.91. The minimum Gasteiger partial charge on any atom is -0.181 e. The summed E-state index contributed by atoms with van der Waals surface area (Å²) in [4.78, 5) is 0. The van der Waals surface area contributed by atoms with Crippen molar-refractivity contribution in [1.82, 2.24) is 0 Å². The topological polar surface area (TPSA) is 47.6 Å². The van der Waals surface area contributed by atoms with E-state index in [1.165, 1.54) is 12.1 Å². The monoisotopic (exact) mass is 231 g/mol. The molecule has 0 unspecified atom stereocenters. The van der Waals surface area contributed by atoms with Gasteiger partial charge in [-0.1, -0.05) is 0 Å². The molecule has 6 heavy (non-hydrogen) atoms. The fourth-order valence-electron chi connectivity index (χ4n) is 0. The number of nitriles is 2. The van der Waals surface area contributed by atoms with E-state index in [0.29, 0.717) is 0 Å². The Labute approximate surface area is 63.3 Å². The van der Waals surface area contributed by atoms with Crippen LogP contribution in [-0.2, 0) is 16.8 Å². The van der Waals surface area contributed by atoms with Crippen molar-refractivity contribution in [1.29, 1.82) is 10.5 Å². The third-order valence-electron chi connectivity index (χ3n) is 0.0500. The molecule has 0 aromatic rings. The van der Waals surface area contributed by atoms with Crippen LogP contribution in [0.1, 0.15) is 0 Å². The Bertz CT molecular complexity index is 66.5. The van der Waals surface area contributed by atoms with Crippen molar-refractivity contribution in [3.63, 3.8) is 0 Å². The Morgan fingerprint density at radius 3 is 1.17 bits per heavy atom. The molecule has 0 rings (SSSR count). The van der Waals surface area contributed by atoms with Gasteiger partial charge in [-0.15, -0.1) is 0 Å². The summed E-state index contributed by atoms with van der Waals surface area (Å²) in [5.41, 5.74) is 0. The van der Waals surface area contributed by atoms with Crippen LogP contribution in [0, 0.1) is 22.7 Å². The van der Waals surface area contributed by atoms with E-state index in [1.54, 1.807) is 0 Å². The average Bonchev–Trinajstić information content (AvgIpc) is 1.37. The zero-order valence-corrected chi connectivity index (χ0v) is 6.62. The van der Waals surface area contributed by atoms with Gasteiger partial charge in [-0.3, -0.25) is 0 Å². The van der Waals surface area contributed by atoms with Crippen molar-refractivity contribution in [3.05, 3.63) is 0 Å². The largest absolute Gasteiger partial charge is 0.181 e. The summed E-state index contributed by atoms with van der Waals surface area (Å²) < 4.78 is 0. The van der Waals surface area contributed by atoms with Crippen LogP contribution < -0.4 is 0 Å². The predicted molar refractivity (Wildman–Crippen MR) is 17.0 cm³/mol. The van der Waals surface area contributed by atoms with Gasteiger partial charge < -0.3 is 0 Å². The zero-order chi connectivity index (χ0) is 3.41. The molecule has 0 spiro atoms. The second-order valence-electron chi connectivity index (χ2n) is 0.224. The van der Waals surface area contributed by atoms with Gasteiger partial charge in [0.2, 0.25) is 0 Å². The van der Waals surface area contributed by atoms with E-state index in [1.807, 2.05) is 0 Å².